The Morgan fingerprint density at radius 1 is 1.00 bits per heavy atom. The van der Waals surface area contributed by atoms with Crippen LogP contribution in [-0.4, -0.2) is 6.61 Å². The first-order valence-electron chi connectivity index (χ1n) is 5.98. The number of ether oxygens (including phenoxy) is 1. The van der Waals surface area contributed by atoms with Crippen LogP contribution in [0.1, 0.15) is 16.0 Å². The number of alkyl halides is 3. The maximum absolute atomic E-state index is 12.4. The monoisotopic (exact) mass is 404 g/mol. The van der Waals surface area contributed by atoms with Crippen molar-refractivity contribution in [2.75, 3.05) is 0 Å². The smallest absolute Gasteiger partial charge is 0.387 e. The average Bonchev–Trinajstić information content (AvgIpc) is 2.41. The van der Waals surface area contributed by atoms with Crippen LogP contribution < -0.4 is 4.74 Å². The van der Waals surface area contributed by atoms with E-state index in [-0.39, 0.29) is 10.6 Å². The molecule has 2 aromatic rings. The molecule has 0 radical (unpaired) electrons. The van der Waals surface area contributed by atoms with E-state index in [2.05, 4.69) is 36.6 Å². The van der Waals surface area contributed by atoms with E-state index in [1.54, 1.807) is 18.2 Å². The lowest BCUT2D eigenvalue weighted by Crippen LogP contribution is -2.06. The van der Waals surface area contributed by atoms with Gasteiger partial charge in [0.25, 0.3) is 0 Å². The van der Waals surface area contributed by atoms with E-state index < -0.39 is 6.61 Å². The minimum absolute atomic E-state index is 0.0846. The highest BCUT2D eigenvalue weighted by Crippen LogP contribution is 2.34. The molecule has 0 saturated heterocycles. The maximum atomic E-state index is 12.4. The van der Waals surface area contributed by atoms with Gasteiger partial charge in [0.1, 0.15) is 5.75 Å². The lowest BCUT2D eigenvalue weighted by molar-refractivity contribution is -0.0504. The van der Waals surface area contributed by atoms with Crippen LogP contribution in [0, 0.1) is 0 Å². The molecule has 0 fully saturated rings. The average molecular weight is 406 g/mol. The zero-order valence-corrected chi connectivity index (χ0v) is 13.6. The molecular weight excluding hydrogens is 394 g/mol. The standard InChI is InChI=1S/C15H12Br2F2O/c16-11-7-5-10(6-8-11)9-13(17)12-3-1-2-4-14(12)20-15(18)19/h1-8,13,15H,9H2. The molecule has 0 aliphatic rings. The highest BCUT2D eigenvalue weighted by Gasteiger charge is 2.16. The summed E-state index contributed by atoms with van der Waals surface area (Å²) in [7, 11) is 0. The Bertz CT molecular complexity index is 558. The summed E-state index contributed by atoms with van der Waals surface area (Å²) in [4.78, 5) is -0.0846. The summed E-state index contributed by atoms with van der Waals surface area (Å²) in [6.45, 7) is -2.82. The van der Waals surface area contributed by atoms with Crippen LogP contribution in [0.2, 0.25) is 0 Å². The Morgan fingerprint density at radius 3 is 2.30 bits per heavy atom. The summed E-state index contributed by atoms with van der Waals surface area (Å²) >= 11 is 6.93. The first-order valence-corrected chi connectivity index (χ1v) is 7.69. The molecule has 0 heterocycles. The SMILES string of the molecule is FC(F)Oc1ccccc1C(Br)Cc1ccc(Br)cc1. The fourth-order valence-electron chi connectivity index (χ4n) is 1.88. The third kappa shape index (κ3) is 4.28. The van der Waals surface area contributed by atoms with Crippen molar-refractivity contribution >= 4 is 31.9 Å². The van der Waals surface area contributed by atoms with Crippen molar-refractivity contribution in [3.05, 3.63) is 64.1 Å². The third-order valence-electron chi connectivity index (χ3n) is 2.80. The van der Waals surface area contributed by atoms with Crippen LogP contribution in [-0.2, 0) is 6.42 Å². The Morgan fingerprint density at radius 2 is 1.65 bits per heavy atom. The molecule has 0 aromatic heterocycles. The quantitative estimate of drug-likeness (QED) is 0.577. The molecule has 2 aromatic carbocycles. The molecule has 0 amide bonds. The molecular formula is C15H12Br2F2O. The lowest BCUT2D eigenvalue weighted by atomic mass is 10.0. The van der Waals surface area contributed by atoms with E-state index >= 15 is 0 Å². The number of benzene rings is 2. The Hall–Kier alpha value is -0.940. The number of rotatable bonds is 5. The molecule has 0 aliphatic heterocycles. The number of para-hydroxylation sites is 1. The normalized spacial score (nSPS) is 12.4. The lowest BCUT2D eigenvalue weighted by Gasteiger charge is -2.15. The summed E-state index contributed by atoms with van der Waals surface area (Å²) in [5.74, 6) is 0.210. The van der Waals surface area contributed by atoms with Gasteiger partial charge in [0, 0.05) is 14.9 Å². The Kier molecular flexibility index (Phi) is 5.54. The number of halogens is 4. The first-order chi connectivity index (χ1) is 9.56. The van der Waals surface area contributed by atoms with E-state index in [0.717, 1.165) is 15.6 Å². The van der Waals surface area contributed by atoms with Gasteiger partial charge in [-0.3, -0.25) is 0 Å². The van der Waals surface area contributed by atoms with Crippen molar-refractivity contribution in [2.24, 2.45) is 0 Å². The topological polar surface area (TPSA) is 9.23 Å². The van der Waals surface area contributed by atoms with Gasteiger partial charge in [-0.25, -0.2) is 0 Å². The van der Waals surface area contributed by atoms with Crippen LogP contribution in [0.25, 0.3) is 0 Å². The summed E-state index contributed by atoms with van der Waals surface area (Å²) in [6.07, 6.45) is 0.691. The van der Waals surface area contributed by atoms with Gasteiger partial charge in [-0.1, -0.05) is 62.2 Å². The van der Waals surface area contributed by atoms with Gasteiger partial charge in [0.15, 0.2) is 0 Å². The molecule has 1 nitrogen and oxygen atoms in total. The highest BCUT2D eigenvalue weighted by molar-refractivity contribution is 9.10. The second-order valence-electron chi connectivity index (χ2n) is 4.21. The summed E-state index contributed by atoms with van der Waals surface area (Å²) < 4.78 is 30.3. The van der Waals surface area contributed by atoms with Crippen LogP contribution >= 0.6 is 31.9 Å². The van der Waals surface area contributed by atoms with Crippen molar-refractivity contribution in [1.82, 2.24) is 0 Å². The predicted octanol–water partition coefficient (Wildman–Crippen LogP) is 5.73. The first kappa shape index (κ1) is 15.4. The van der Waals surface area contributed by atoms with E-state index in [4.69, 9.17) is 0 Å². The van der Waals surface area contributed by atoms with Gasteiger partial charge in [0.2, 0.25) is 0 Å². The molecule has 20 heavy (non-hydrogen) atoms. The van der Waals surface area contributed by atoms with Gasteiger partial charge in [0.05, 0.1) is 0 Å². The Labute approximate surface area is 133 Å². The molecule has 0 N–H and O–H groups in total. The van der Waals surface area contributed by atoms with Gasteiger partial charge < -0.3 is 4.74 Å². The van der Waals surface area contributed by atoms with E-state index in [0.29, 0.717) is 6.42 Å². The zero-order valence-electron chi connectivity index (χ0n) is 10.4. The Balaban J connectivity index is 2.16. The van der Waals surface area contributed by atoms with Crippen LogP contribution in [0.5, 0.6) is 5.75 Å². The summed E-state index contributed by atoms with van der Waals surface area (Å²) in [5, 5.41) is 0. The van der Waals surface area contributed by atoms with Crippen LogP contribution in [0.3, 0.4) is 0 Å². The zero-order chi connectivity index (χ0) is 14.5. The van der Waals surface area contributed by atoms with Crippen molar-refractivity contribution in [1.29, 1.82) is 0 Å². The fraction of sp³-hybridized carbons (Fsp3) is 0.200. The molecule has 1 unspecified atom stereocenters. The van der Waals surface area contributed by atoms with Crippen LogP contribution in [0.15, 0.2) is 53.0 Å². The molecule has 106 valence electrons. The van der Waals surface area contributed by atoms with Crippen LogP contribution in [0.4, 0.5) is 8.78 Å². The molecule has 2 rings (SSSR count). The van der Waals surface area contributed by atoms with Crippen molar-refractivity contribution < 1.29 is 13.5 Å². The fourth-order valence-corrected chi connectivity index (χ4v) is 2.90. The number of hydrogen-bond acceptors (Lipinski definition) is 1. The second-order valence-corrected chi connectivity index (χ2v) is 6.24. The highest BCUT2D eigenvalue weighted by atomic mass is 79.9. The van der Waals surface area contributed by atoms with E-state index in [9.17, 15) is 8.78 Å². The van der Waals surface area contributed by atoms with E-state index in [1.165, 1.54) is 0 Å². The number of hydrogen-bond donors (Lipinski definition) is 0. The van der Waals surface area contributed by atoms with Crippen molar-refractivity contribution in [3.8, 4) is 5.75 Å². The van der Waals surface area contributed by atoms with Gasteiger partial charge in [-0.15, -0.1) is 0 Å². The van der Waals surface area contributed by atoms with E-state index in [1.807, 2.05) is 30.3 Å². The predicted molar refractivity (Wildman–Crippen MR) is 82.6 cm³/mol. The summed E-state index contributed by atoms with van der Waals surface area (Å²) in [6, 6.07) is 14.7. The third-order valence-corrected chi connectivity index (χ3v) is 4.15. The maximum Gasteiger partial charge on any atom is 0.387 e. The molecule has 0 aliphatic carbocycles. The van der Waals surface area contributed by atoms with Gasteiger partial charge in [-0.2, -0.15) is 8.78 Å². The minimum Gasteiger partial charge on any atom is -0.435 e. The summed E-state index contributed by atoms with van der Waals surface area (Å²) in [5.41, 5.74) is 1.83. The molecule has 5 heteroatoms. The van der Waals surface area contributed by atoms with Crippen molar-refractivity contribution in [2.45, 2.75) is 17.9 Å². The van der Waals surface area contributed by atoms with Gasteiger partial charge in [-0.05, 0) is 30.2 Å². The largest absolute Gasteiger partial charge is 0.435 e. The second kappa shape index (κ2) is 7.18. The minimum atomic E-state index is -2.82. The molecule has 1 atom stereocenters. The molecule has 0 saturated carbocycles. The molecule has 0 bridgehead atoms. The van der Waals surface area contributed by atoms with Crippen molar-refractivity contribution in [3.63, 3.8) is 0 Å². The van der Waals surface area contributed by atoms with Gasteiger partial charge >= 0.3 is 6.61 Å². The molecule has 0 spiro atoms.